The molecule has 0 bridgehead atoms. The Morgan fingerprint density at radius 1 is 1.00 bits per heavy atom. The van der Waals surface area contributed by atoms with Crippen LogP contribution in [0.15, 0.2) is 60.7 Å². The highest BCUT2D eigenvalue weighted by Gasteiger charge is 2.14. The van der Waals surface area contributed by atoms with E-state index in [0.29, 0.717) is 18.7 Å². The van der Waals surface area contributed by atoms with Crippen molar-refractivity contribution in [2.45, 2.75) is 27.0 Å². The second kappa shape index (κ2) is 7.26. The monoisotopic (exact) mass is 335 g/mol. The molecule has 0 aliphatic heterocycles. The van der Waals surface area contributed by atoms with E-state index in [9.17, 15) is 9.90 Å². The number of rotatable bonds is 6. The highest BCUT2D eigenvalue weighted by Crippen LogP contribution is 2.19. The van der Waals surface area contributed by atoms with E-state index in [2.05, 4.69) is 0 Å². The first-order valence-corrected chi connectivity index (χ1v) is 8.20. The summed E-state index contributed by atoms with van der Waals surface area (Å²) in [7, 11) is 0. The van der Waals surface area contributed by atoms with E-state index in [-0.39, 0.29) is 0 Å². The van der Waals surface area contributed by atoms with Crippen LogP contribution in [0.1, 0.15) is 32.9 Å². The van der Waals surface area contributed by atoms with E-state index in [1.165, 1.54) is 0 Å². The third kappa shape index (κ3) is 3.91. The fourth-order valence-corrected chi connectivity index (χ4v) is 2.88. The zero-order valence-corrected chi connectivity index (χ0v) is 14.4. The van der Waals surface area contributed by atoms with E-state index >= 15 is 0 Å². The van der Waals surface area contributed by atoms with Gasteiger partial charge < -0.3 is 14.4 Å². The molecule has 0 saturated carbocycles. The van der Waals surface area contributed by atoms with Gasteiger partial charge in [-0.15, -0.1) is 0 Å². The lowest BCUT2D eigenvalue weighted by molar-refractivity contribution is 0.0696. The summed E-state index contributed by atoms with van der Waals surface area (Å²) in [6.07, 6.45) is 0. The van der Waals surface area contributed by atoms with E-state index in [0.717, 1.165) is 28.3 Å². The van der Waals surface area contributed by atoms with Gasteiger partial charge in [0.1, 0.15) is 12.4 Å². The van der Waals surface area contributed by atoms with Gasteiger partial charge in [0.2, 0.25) is 0 Å². The number of hydrogen-bond donors (Lipinski definition) is 1. The molecule has 0 amide bonds. The number of benzene rings is 2. The van der Waals surface area contributed by atoms with Gasteiger partial charge in [0.15, 0.2) is 0 Å². The van der Waals surface area contributed by atoms with Crippen LogP contribution in [0.5, 0.6) is 5.75 Å². The molecule has 4 heteroatoms. The summed E-state index contributed by atoms with van der Waals surface area (Å²) in [4.78, 5) is 11.2. The summed E-state index contributed by atoms with van der Waals surface area (Å²) >= 11 is 0. The molecule has 0 spiro atoms. The van der Waals surface area contributed by atoms with Gasteiger partial charge in [-0.05, 0) is 43.2 Å². The van der Waals surface area contributed by atoms with Gasteiger partial charge in [-0.3, -0.25) is 0 Å². The molecule has 1 N–H and O–H groups in total. The molecule has 0 saturated heterocycles. The summed E-state index contributed by atoms with van der Waals surface area (Å²) in [6.45, 7) is 4.95. The Morgan fingerprint density at radius 2 is 1.68 bits per heavy atom. The Labute approximate surface area is 147 Å². The molecular weight excluding hydrogens is 314 g/mol. The van der Waals surface area contributed by atoms with E-state index in [4.69, 9.17) is 4.74 Å². The lowest BCUT2D eigenvalue weighted by Crippen LogP contribution is -2.06. The van der Waals surface area contributed by atoms with Gasteiger partial charge >= 0.3 is 5.97 Å². The van der Waals surface area contributed by atoms with E-state index < -0.39 is 5.97 Å². The van der Waals surface area contributed by atoms with Crippen LogP contribution >= 0.6 is 0 Å². The molecule has 1 aromatic heterocycles. The highest BCUT2D eigenvalue weighted by molar-refractivity contribution is 5.89. The summed E-state index contributed by atoms with van der Waals surface area (Å²) in [5.41, 5.74) is 4.31. The van der Waals surface area contributed by atoms with Gasteiger partial charge in [-0.2, -0.15) is 0 Å². The summed E-state index contributed by atoms with van der Waals surface area (Å²) in [6, 6.07) is 19.7. The van der Waals surface area contributed by atoms with Crippen LogP contribution in [0, 0.1) is 13.8 Å². The molecule has 0 fully saturated rings. The number of aromatic carboxylic acids is 1. The molecular formula is C21H21NO3. The van der Waals surface area contributed by atoms with Gasteiger partial charge in [0, 0.05) is 17.9 Å². The molecule has 0 atom stereocenters. The number of carboxylic acid groups (broad SMARTS) is 1. The molecule has 25 heavy (non-hydrogen) atoms. The van der Waals surface area contributed by atoms with E-state index in [1.807, 2.05) is 73.0 Å². The second-order valence-corrected chi connectivity index (χ2v) is 6.09. The molecule has 3 rings (SSSR count). The molecule has 0 unspecified atom stereocenters. The van der Waals surface area contributed by atoms with Crippen molar-refractivity contribution in [1.29, 1.82) is 0 Å². The number of hydrogen-bond acceptors (Lipinski definition) is 2. The molecule has 0 aliphatic carbocycles. The minimum atomic E-state index is -0.885. The van der Waals surface area contributed by atoms with Crippen LogP contribution in [0.25, 0.3) is 0 Å². The number of aromatic nitrogens is 1. The minimum absolute atomic E-state index is 0.361. The molecule has 2 aromatic carbocycles. The number of aryl methyl sites for hydroxylation is 1. The van der Waals surface area contributed by atoms with Crippen LogP contribution in [0.3, 0.4) is 0 Å². The SMILES string of the molecule is Cc1cc(C(=O)O)c(C)n1Cc1ccc(OCc2ccccc2)cc1. The summed E-state index contributed by atoms with van der Waals surface area (Å²) < 4.78 is 7.81. The average Bonchev–Trinajstić information content (AvgIpc) is 2.90. The highest BCUT2D eigenvalue weighted by atomic mass is 16.5. The Bertz CT molecular complexity index is 864. The van der Waals surface area contributed by atoms with Gasteiger partial charge in [0.25, 0.3) is 0 Å². The third-order valence-electron chi connectivity index (χ3n) is 4.32. The molecule has 0 aliphatic rings. The maximum absolute atomic E-state index is 11.2. The van der Waals surface area contributed by atoms with Crippen molar-refractivity contribution in [1.82, 2.24) is 4.57 Å². The standard InChI is InChI=1S/C21H21NO3/c1-15-12-20(21(23)24)16(2)22(15)13-17-8-10-19(11-9-17)25-14-18-6-4-3-5-7-18/h3-12H,13-14H2,1-2H3,(H,23,24). The van der Waals surface area contributed by atoms with Crippen LogP contribution in [0.4, 0.5) is 0 Å². The first-order valence-electron chi connectivity index (χ1n) is 8.20. The smallest absolute Gasteiger partial charge is 0.337 e. The van der Waals surface area contributed by atoms with Crippen molar-refractivity contribution in [2.75, 3.05) is 0 Å². The minimum Gasteiger partial charge on any atom is -0.489 e. The molecule has 128 valence electrons. The average molecular weight is 335 g/mol. The number of carboxylic acids is 1. The summed E-state index contributed by atoms with van der Waals surface area (Å²) in [5.74, 6) is -0.0659. The first-order chi connectivity index (χ1) is 12.0. The third-order valence-corrected chi connectivity index (χ3v) is 4.32. The van der Waals surface area contributed by atoms with Crippen LogP contribution in [0.2, 0.25) is 0 Å². The van der Waals surface area contributed by atoms with Crippen molar-refractivity contribution in [3.05, 3.63) is 88.7 Å². The zero-order valence-electron chi connectivity index (χ0n) is 14.4. The molecule has 1 heterocycles. The Balaban J connectivity index is 1.68. The van der Waals surface area contributed by atoms with Crippen LogP contribution in [-0.2, 0) is 13.2 Å². The van der Waals surface area contributed by atoms with Crippen molar-refractivity contribution in [3.8, 4) is 5.75 Å². The molecule has 4 nitrogen and oxygen atoms in total. The maximum Gasteiger partial charge on any atom is 0.337 e. The van der Waals surface area contributed by atoms with Crippen molar-refractivity contribution < 1.29 is 14.6 Å². The second-order valence-electron chi connectivity index (χ2n) is 6.09. The van der Waals surface area contributed by atoms with E-state index in [1.54, 1.807) is 6.07 Å². The van der Waals surface area contributed by atoms with Gasteiger partial charge in [-0.25, -0.2) is 4.79 Å². The van der Waals surface area contributed by atoms with Crippen molar-refractivity contribution in [3.63, 3.8) is 0 Å². The Morgan fingerprint density at radius 3 is 2.28 bits per heavy atom. The maximum atomic E-state index is 11.2. The predicted octanol–water partition coefficient (Wildman–Crippen LogP) is 4.43. The lowest BCUT2D eigenvalue weighted by atomic mass is 10.2. The Hall–Kier alpha value is -3.01. The predicted molar refractivity (Wildman–Crippen MR) is 97.2 cm³/mol. The normalized spacial score (nSPS) is 10.6. The zero-order chi connectivity index (χ0) is 17.8. The summed E-state index contributed by atoms with van der Waals surface area (Å²) in [5, 5.41) is 9.23. The largest absolute Gasteiger partial charge is 0.489 e. The quantitative estimate of drug-likeness (QED) is 0.725. The van der Waals surface area contributed by atoms with Gasteiger partial charge in [-0.1, -0.05) is 42.5 Å². The van der Waals surface area contributed by atoms with Gasteiger partial charge in [0.05, 0.1) is 5.56 Å². The number of ether oxygens (including phenoxy) is 1. The van der Waals surface area contributed by atoms with Crippen LogP contribution < -0.4 is 4.74 Å². The first kappa shape index (κ1) is 16.8. The fraction of sp³-hybridized carbons (Fsp3) is 0.190. The van der Waals surface area contributed by atoms with Crippen molar-refractivity contribution in [2.24, 2.45) is 0 Å². The fourth-order valence-electron chi connectivity index (χ4n) is 2.88. The van der Waals surface area contributed by atoms with Crippen LogP contribution in [-0.4, -0.2) is 15.6 Å². The Kier molecular flexibility index (Phi) is 4.89. The van der Waals surface area contributed by atoms with Crippen molar-refractivity contribution >= 4 is 5.97 Å². The molecule has 3 aromatic rings. The number of nitrogens with zero attached hydrogens (tertiary/aromatic N) is 1. The number of carbonyl (C=O) groups is 1. The molecule has 0 radical (unpaired) electrons. The lowest BCUT2D eigenvalue weighted by Gasteiger charge is -2.11. The topological polar surface area (TPSA) is 51.5 Å².